The number of carbonyl (C=O) groups excluding carboxylic acids is 2. The number of sulfonamides is 1. The van der Waals surface area contributed by atoms with Gasteiger partial charge in [-0.05, 0) is 24.6 Å². The van der Waals surface area contributed by atoms with Crippen molar-refractivity contribution in [2.45, 2.75) is 18.2 Å². The zero-order valence-electron chi connectivity index (χ0n) is 12.8. The molecule has 24 heavy (non-hydrogen) atoms. The number of ether oxygens (including phenoxy) is 1. The van der Waals surface area contributed by atoms with Crippen LogP contribution in [0.2, 0.25) is 0 Å². The van der Waals surface area contributed by atoms with Crippen LogP contribution in [0, 0.1) is 6.92 Å². The molecule has 2 rings (SSSR count). The van der Waals surface area contributed by atoms with Gasteiger partial charge < -0.3 is 10.1 Å². The number of hydrogen-bond donors (Lipinski definition) is 2. The van der Waals surface area contributed by atoms with Crippen molar-refractivity contribution in [1.29, 1.82) is 0 Å². The zero-order chi connectivity index (χ0) is 17.7. The number of nitrogens with zero attached hydrogens (tertiary/aromatic N) is 2. The van der Waals surface area contributed by atoms with Gasteiger partial charge in [0.15, 0.2) is 0 Å². The third kappa shape index (κ3) is 5.08. The molecule has 1 aromatic carbocycles. The molecule has 9 nitrogen and oxygen atoms in total. The number of nitrogens with one attached hydrogen (secondary N) is 2. The summed E-state index contributed by atoms with van der Waals surface area (Å²) in [6, 6.07) is 6.79. The lowest BCUT2D eigenvalue weighted by molar-refractivity contribution is -0.133. The normalized spacial score (nSPS) is 11.1. The van der Waals surface area contributed by atoms with Gasteiger partial charge in [-0.2, -0.15) is 4.72 Å². The van der Waals surface area contributed by atoms with Crippen LogP contribution in [0.5, 0.6) is 5.75 Å². The van der Waals surface area contributed by atoms with Gasteiger partial charge in [-0.15, -0.1) is 10.2 Å². The second-order valence-electron chi connectivity index (χ2n) is 4.67. The first-order chi connectivity index (χ1) is 11.3. The van der Waals surface area contributed by atoms with Crippen molar-refractivity contribution in [2.24, 2.45) is 0 Å². The Morgan fingerprint density at radius 3 is 2.71 bits per heavy atom. The first-order valence-corrected chi connectivity index (χ1v) is 8.94. The Bertz CT molecular complexity index is 863. The summed E-state index contributed by atoms with van der Waals surface area (Å²) in [6.07, 6.45) is 0. The molecule has 1 aromatic heterocycles. The highest BCUT2D eigenvalue weighted by Crippen LogP contribution is 2.19. The van der Waals surface area contributed by atoms with Crippen LogP contribution < -0.4 is 14.8 Å². The predicted octanol–water partition coefficient (Wildman–Crippen LogP) is 0.689. The summed E-state index contributed by atoms with van der Waals surface area (Å²) in [7, 11) is -4.03. The summed E-state index contributed by atoms with van der Waals surface area (Å²) in [6.45, 7) is 2.53. The van der Waals surface area contributed by atoms with Gasteiger partial charge in [0.2, 0.25) is 15.4 Å². The molecule has 0 atom stereocenters. The van der Waals surface area contributed by atoms with Gasteiger partial charge in [-0.3, -0.25) is 9.59 Å². The molecule has 0 spiro atoms. The molecule has 128 valence electrons. The molecular formula is C13H14N4O5S2. The van der Waals surface area contributed by atoms with Crippen LogP contribution in [0.15, 0.2) is 28.6 Å². The summed E-state index contributed by atoms with van der Waals surface area (Å²) in [4.78, 5) is 22.6. The molecule has 0 fully saturated rings. The van der Waals surface area contributed by atoms with Gasteiger partial charge in [0.05, 0.1) is 0 Å². The number of esters is 1. The summed E-state index contributed by atoms with van der Waals surface area (Å²) < 4.78 is 30.8. The average Bonchev–Trinajstić information content (AvgIpc) is 2.94. The summed E-state index contributed by atoms with van der Waals surface area (Å²) in [5.41, 5.74) is 0.903. The fourth-order valence-corrected chi connectivity index (χ4v) is 3.54. The maximum atomic E-state index is 12.0. The van der Waals surface area contributed by atoms with E-state index >= 15 is 0 Å². The number of benzene rings is 1. The van der Waals surface area contributed by atoms with E-state index in [4.69, 9.17) is 4.74 Å². The lowest BCUT2D eigenvalue weighted by Gasteiger charge is -2.05. The predicted molar refractivity (Wildman–Crippen MR) is 86.2 cm³/mol. The van der Waals surface area contributed by atoms with Gasteiger partial charge >= 0.3 is 5.97 Å². The van der Waals surface area contributed by atoms with Crippen LogP contribution >= 0.6 is 11.3 Å². The lowest BCUT2D eigenvalue weighted by atomic mass is 10.2. The van der Waals surface area contributed by atoms with Crippen LogP contribution in [-0.4, -0.2) is 37.0 Å². The molecule has 2 aromatic rings. The van der Waals surface area contributed by atoms with E-state index in [1.165, 1.54) is 6.92 Å². The van der Waals surface area contributed by atoms with Gasteiger partial charge in [0, 0.05) is 6.92 Å². The van der Waals surface area contributed by atoms with Gasteiger partial charge in [0.25, 0.3) is 10.0 Å². The second kappa shape index (κ2) is 7.47. The van der Waals surface area contributed by atoms with Crippen LogP contribution in [-0.2, 0) is 19.6 Å². The second-order valence-corrected chi connectivity index (χ2v) is 7.59. The maximum Gasteiger partial charge on any atom is 0.326 e. The first-order valence-electron chi connectivity index (χ1n) is 6.64. The standard InChI is InChI=1S/C13H14N4O5S2/c1-8-4-3-5-10(6-8)22-11(19)7-14-24(20,21)13-17-16-12(23-13)15-9(2)18/h3-6,14H,7H2,1-2H3,(H,15,16,18). The molecule has 0 unspecified atom stereocenters. The van der Waals surface area contributed by atoms with Crippen molar-refractivity contribution in [3.05, 3.63) is 29.8 Å². The molecule has 0 radical (unpaired) electrons. The van der Waals surface area contributed by atoms with E-state index in [0.29, 0.717) is 17.1 Å². The van der Waals surface area contributed by atoms with E-state index in [1.807, 2.05) is 13.0 Å². The number of anilines is 1. The van der Waals surface area contributed by atoms with Gasteiger partial charge in [-0.25, -0.2) is 8.42 Å². The quantitative estimate of drug-likeness (QED) is 0.435. The Labute approximate surface area is 142 Å². The molecule has 0 aliphatic carbocycles. The number of hydrogen-bond acceptors (Lipinski definition) is 8. The Morgan fingerprint density at radius 1 is 1.29 bits per heavy atom. The number of carbonyl (C=O) groups is 2. The Hall–Kier alpha value is -2.37. The highest BCUT2D eigenvalue weighted by atomic mass is 32.2. The number of aryl methyl sites for hydroxylation is 1. The van der Waals surface area contributed by atoms with Crippen LogP contribution in [0.1, 0.15) is 12.5 Å². The van der Waals surface area contributed by atoms with Crippen molar-refractivity contribution in [3.63, 3.8) is 0 Å². The molecule has 1 heterocycles. The van der Waals surface area contributed by atoms with E-state index in [0.717, 1.165) is 5.56 Å². The molecule has 0 aliphatic rings. The fraction of sp³-hybridized carbons (Fsp3) is 0.231. The third-order valence-electron chi connectivity index (χ3n) is 2.55. The smallest absolute Gasteiger partial charge is 0.326 e. The number of aromatic nitrogens is 2. The van der Waals surface area contributed by atoms with E-state index in [9.17, 15) is 18.0 Å². The highest BCUT2D eigenvalue weighted by Gasteiger charge is 2.22. The molecule has 11 heteroatoms. The Balaban J connectivity index is 1.95. The van der Waals surface area contributed by atoms with Crippen LogP contribution in [0.25, 0.3) is 0 Å². The van der Waals surface area contributed by atoms with E-state index in [2.05, 4.69) is 20.2 Å². The molecule has 0 aliphatic heterocycles. The molecule has 0 saturated heterocycles. The van der Waals surface area contributed by atoms with Crippen molar-refractivity contribution in [3.8, 4) is 5.75 Å². The minimum Gasteiger partial charge on any atom is -0.426 e. The number of rotatable bonds is 6. The third-order valence-corrected chi connectivity index (χ3v) is 5.15. The maximum absolute atomic E-state index is 12.0. The summed E-state index contributed by atoms with van der Waals surface area (Å²) in [5.74, 6) is -0.844. The Morgan fingerprint density at radius 2 is 2.04 bits per heavy atom. The molecule has 1 amide bonds. The van der Waals surface area contributed by atoms with Crippen molar-refractivity contribution >= 4 is 38.4 Å². The minimum absolute atomic E-state index is 0.0465. The Kier molecular flexibility index (Phi) is 5.59. The van der Waals surface area contributed by atoms with Crippen molar-refractivity contribution in [2.75, 3.05) is 11.9 Å². The largest absolute Gasteiger partial charge is 0.426 e. The number of amides is 1. The molecule has 0 saturated carbocycles. The van der Waals surface area contributed by atoms with Crippen molar-refractivity contribution in [1.82, 2.24) is 14.9 Å². The minimum atomic E-state index is -4.03. The van der Waals surface area contributed by atoms with Crippen LogP contribution in [0.3, 0.4) is 0 Å². The van der Waals surface area contributed by atoms with Gasteiger partial charge in [-0.1, -0.05) is 23.5 Å². The molecular weight excluding hydrogens is 356 g/mol. The first kappa shape index (κ1) is 18.0. The van der Waals surface area contributed by atoms with Gasteiger partial charge in [0.1, 0.15) is 12.3 Å². The van der Waals surface area contributed by atoms with E-state index < -0.39 is 28.4 Å². The topological polar surface area (TPSA) is 127 Å². The van der Waals surface area contributed by atoms with Crippen molar-refractivity contribution < 1.29 is 22.7 Å². The fourth-order valence-electron chi connectivity index (χ4n) is 1.58. The average molecular weight is 370 g/mol. The zero-order valence-corrected chi connectivity index (χ0v) is 14.4. The molecule has 2 N–H and O–H groups in total. The highest BCUT2D eigenvalue weighted by molar-refractivity contribution is 7.91. The lowest BCUT2D eigenvalue weighted by Crippen LogP contribution is -2.31. The van der Waals surface area contributed by atoms with E-state index in [1.54, 1.807) is 18.2 Å². The summed E-state index contributed by atoms with van der Waals surface area (Å²) in [5, 5.41) is 9.36. The SMILES string of the molecule is CC(=O)Nc1nnc(S(=O)(=O)NCC(=O)Oc2cccc(C)c2)s1. The van der Waals surface area contributed by atoms with E-state index in [-0.39, 0.29) is 9.47 Å². The monoisotopic (exact) mass is 370 g/mol. The van der Waals surface area contributed by atoms with Crippen LogP contribution in [0.4, 0.5) is 5.13 Å². The summed E-state index contributed by atoms with van der Waals surface area (Å²) >= 11 is 0.669. The molecule has 0 bridgehead atoms.